The van der Waals surface area contributed by atoms with Crippen molar-refractivity contribution in [2.75, 3.05) is 24.5 Å². The monoisotopic (exact) mass is 320 g/mol. The van der Waals surface area contributed by atoms with Crippen molar-refractivity contribution in [3.05, 3.63) is 23.9 Å². The molecule has 2 heterocycles. The van der Waals surface area contributed by atoms with E-state index in [9.17, 15) is 9.59 Å². The molecule has 126 valence electrons. The van der Waals surface area contributed by atoms with Crippen molar-refractivity contribution in [2.24, 2.45) is 5.73 Å². The third kappa shape index (κ3) is 4.34. The molecular formula is C16H24N4O3. The van der Waals surface area contributed by atoms with E-state index in [1.807, 2.05) is 27.7 Å². The minimum Gasteiger partial charge on any atom is -0.444 e. The van der Waals surface area contributed by atoms with Crippen LogP contribution >= 0.6 is 0 Å². The third-order valence-corrected chi connectivity index (χ3v) is 3.61. The number of aromatic nitrogens is 1. The Morgan fingerprint density at radius 1 is 1.30 bits per heavy atom. The second-order valence-corrected chi connectivity index (χ2v) is 6.74. The summed E-state index contributed by atoms with van der Waals surface area (Å²) in [5.41, 5.74) is 5.11. The van der Waals surface area contributed by atoms with Crippen LogP contribution in [0.25, 0.3) is 0 Å². The van der Waals surface area contributed by atoms with Gasteiger partial charge in [-0.15, -0.1) is 0 Å². The van der Waals surface area contributed by atoms with Crippen LogP contribution < -0.4 is 10.6 Å². The van der Waals surface area contributed by atoms with E-state index < -0.39 is 11.5 Å². The van der Waals surface area contributed by atoms with Gasteiger partial charge in [0.2, 0.25) is 5.91 Å². The molecule has 1 atom stereocenters. The Kier molecular flexibility index (Phi) is 4.77. The minimum absolute atomic E-state index is 0.100. The predicted octanol–water partition coefficient (Wildman–Crippen LogP) is 1.63. The number of piperazine rings is 1. The molecule has 0 radical (unpaired) electrons. The number of amides is 2. The van der Waals surface area contributed by atoms with Crippen molar-refractivity contribution in [1.82, 2.24) is 9.88 Å². The number of hydrogen-bond donors (Lipinski definition) is 1. The molecule has 1 aliphatic heterocycles. The van der Waals surface area contributed by atoms with Crippen LogP contribution in [0.5, 0.6) is 0 Å². The minimum atomic E-state index is -0.496. The number of nitrogens with zero attached hydrogens (tertiary/aromatic N) is 3. The molecule has 1 aliphatic rings. The Hall–Kier alpha value is -2.31. The zero-order chi connectivity index (χ0) is 17.2. The van der Waals surface area contributed by atoms with E-state index in [0.29, 0.717) is 25.2 Å². The molecule has 0 aliphatic carbocycles. The van der Waals surface area contributed by atoms with Gasteiger partial charge in [-0.2, -0.15) is 0 Å². The summed E-state index contributed by atoms with van der Waals surface area (Å²) in [6.45, 7) is 9.38. The zero-order valence-electron chi connectivity index (χ0n) is 14.1. The number of hydrogen-bond acceptors (Lipinski definition) is 5. The lowest BCUT2D eigenvalue weighted by Gasteiger charge is -2.40. The average molecular weight is 320 g/mol. The fourth-order valence-corrected chi connectivity index (χ4v) is 2.49. The van der Waals surface area contributed by atoms with Gasteiger partial charge in [-0.25, -0.2) is 9.78 Å². The maximum atomic E-state index is 12.1. The zero-order valence-corrected chi connectivity index (χ0v) is 14.1. The largest absolute Gasteiger partial charge is 0.444 e. The van der Waals surface area contributed by atoms with Crippen LogP contribution in [0.4, 0.5) is 10.6 Å². The Labute approximate surface area is 136 Å². The van der Waals surface area contributed by atoms with Crippen molar-refractivity contribution in [3.8, 4) is 0 Å². The summed E-state index contributed by atoms with van der Waals surface area (Å²) in [5.74, 6) is 0.276. The highest BCUT2D eigenvalue weighted by atomic mass is 16.6. The van der Waals surface area contributed by atoms with E-state index in [1.54, 1.807) is 17.0 Å². The SMILES string of the molecule is C[C@H]1CN(C(=O)OC(C)(C)C)CCN1c1ccc(C(N)=O)cn1. The number of pyridine rings is 1. The van der Waals surface area contributed by atoms with E-state index >= 15 is 0 Å². The smallest absolute Gasteiger partial charge is 0.410 e. The first-order valence-electron chi connectivity index (χ1n) is 7.68. The Morgan fingerprint density at radius 2 is 2.00 bits per heavy atom. The van der Waals surface area contributed by atoms with E-state index in [1.165, 1.54) is 6.20 Å². The fraction of sp³-hybridized carbons (Fsp3) is 0.562. The van der Waals surface area contributed by atoms with Crippen molar-refractivity contribution in [3.63, 3.8) is 0 Å². The lowest BCUT2D eigenvalue weighted by atomic mass is 10.2. The summed E-state index contributed by atoms with van der Waals surface area (Å²) in [6.07, 6.45) is 1.19. The summed E-state index contributed by atoms with van der Waals surface area (Å²) in [7, 11) is 0. The summed E-state index contributed by atoms with van der Waals surface area (Å²) < 4.78 is 5.41. The van der Waals surface area contributed by atoms with Gasteiger partial charge >= 0.3 is 6.09 Å². The maximum absolute atomic E-state index is 12.1. The van der Waals surface area contributed by atoms with Crippen molar-refractivity contribution >= 4 is 17.8 Å². The van der Waals surface area contributed by atoms with Crippen molar-refractivity contribution in [1.29, 1.82) is 0 Å². The van der Waals surface area contributed by atoms with E-state index in [-0.39, 0.29) is 12.1 Å². The van der Waals surface area contributed by atoms with Gasteiger partial charge in [0.1, 0.15) is 11.4 Å². The van der Waals surface area contributed by atoms with Crippen LogP contribution in [0.15, 0.2) is 18.3 Å². The molecule has 0 spiro atoms. The van der Waals surface area contributed by atoms with Crippen molar-refractivity contribution in [2.45, 2.75) is 39.3 Å². The van der Waals surface area contributed by atoms with Crippen LogP contribution in [0.1, 0.15) is 38.1 Å². The molecule has 1 aromatic rings. The number of anilines is 1. The molecule has 0 aromatic carbocycles. The number of primary amides is 1. The van der Waals surface area contributed by atoms with Crippen LogP contribution in [0.2, 0.25) is 0 Å². The first-order chi connectivity index (χ1) is 10.7. The standard InChI is InChI=1S/C16H24N4O3/c1-11-10-19(15(22)23-16(2,3)4)7-8-20(11)13-6-5-12(9-18-13)14(17)21/h5-6,9,11H,7-8,10H2,1-4H3,(H2,17,21)/t11-/m0/s1. The van der Waals surface area contributed by atoms with Crippen LogP contribution in [-0.4, -0.2) is 53.2 Å². The second-order valence-electron chi connectivity index (χ2n) is 6.74. The molecule has 0 saturated carbocycles. The summed E-state index contributed by atoms with van der Waals surface area (Å²) >= 11 is 0. The highest BCUT2D eigenvalue weighted by molar-refractivity contribution is 5.92. The van der Waals surface area contributed by atoms with E-state index in [4.69, 9.17) is 10.5 Å². The third-order valence-electron chi connectivity index (χ3n) is 3.61. The highest BCUT2D eigenvalue weighted by Gasteiger charge is 2.30. The van der Waals surface area contributed by atoms with Gasteiger partial charge in [-0.1, -0.05) is 0 Å². The Bertz CT molecular complexity index is 580. The Morgan fingerprint density at radius 3 is 2.48 bits per heavy atom. The number of rotatable bonds is 2. The second kappa shape index (κ2) is 6.44. The fourth-order valence-electron chi connectivity index (χ4n) is 2.49. The number of carbonyl (C=O) groups is 2. The molecule has 2 rings (SSSR count). The van der Waals surface area contributed by atoms with Gasteiger partial charge in [0, 0.05) is 31.9 Å². The summed E-state index contributed by atoms with van der Waals surface area (Å²) in [6, 6.07) is 3.54. The summed E-state index contributed by atoms with van der Waals surface area (Å²) in [4.78, 5) is 31.3. The van der Waals surface area contributed by atoms with E-state index in [2.05, 4.69) is 9.88 Å². The van der Waals surface area contributed by atoms with Gasteiger partial charge < -0.3 is 20.3 Å². The highest BCUT2D eigenvalue weighted by Crippen LogP contribution is 2.20. The number of ether oxygens (including phenoxy) is 1. The van der Waals surface area contributed by atoms with E-state index in [0.717, 1.165) is 5.82 Å². The lowest BCUT2D eigenvalue weighted by Crippen LogP contribution is -2.54. The normalized spacial score (nSPS) is 18.7. The molecule has 1 aromatic heterocycles. The van der Waals surface area contributed by atoms with Crippen LogP contribution in [-0.2, 0) is 4.74 Å². The first kappa shape index (κ1) is 17.1. The average Bonchev–Trinajstić information content (AvgIpc) is 2.45. The van der Waals surface area contributed by atoms with Crippen LogP contribution in [0.3, 0.4) is 0 Å². The van der Waals surface area contributed by atoms with Crippen molar-refractivity contribution < 1.29 is 14.3 Å². The lowest BCUT2D eigenvalue weighted by molar-refractivity contribution is 0.0218. The van der Waals surface area contributed by atoms with Gasteiger partial charge in [0.15, 0.2) is 0 Å². The first-order valence-corrected chi connectivity index (χ1v) is 7.68. The van der Waals surface area contributed by atoms with Gasteiger partial charge in [-0.05, 0) is 39.8 Å². The van der Waals surface area contributed by atoms with Crippen LogP contribution in [0, 0.1) is 0 Å². The molecule has 1 saturated heterocycles. The molecule has 7 heteroatoms. The molecule has 2 N–H and O–H groups in total. The Balaban J connectivity index is 2.01. The molecular weight excluding hydrogens is 296 g/mol. The maximum Gasteiger partial charge on any atom is 0.410 e. The quantitative estimate of drug-likeness (QED) is 0.894. The molecule has 1 fully saturated rings. The molecule has 2 amide bonds. The molecule has 23 heavy (non-hydrogen) atoms. The number of nitrogens with two attached hydrogens (primary N) is 1. The molecule has 0 bridgehead atoms. The van der Waals surface area contributed by atoms with Gasteiger partial charge in [0.25, 0.3) is 0 Å². The summed E-state index contributed by atoms with van der Waals surface area (Å²) in [5, 5.41) is 0. The molecule has 0 unspecified atom stereocenters. The molecule has 7 nitrogen and oxygen atoms in total. The predicted molar refractivity (Wildman–Crippen MR) is 87.4 cm³/mol. The number of carbonyl (C=O) groups excluding carboxylic acids is 2. The topological polar surface area (TPSA) is 88.8 Å². The van der Waals surface area contributed by atoms with Gasteiger partial charge in [-0.3, -0.25) is 4.79 Å². The van der Waals surface area contributed by atoms with Gasteiger partial charge in [0.05, 0.1) is 5.56 Å².